The van der Waals surface area contributed by atoms with Crippen LogP contribution in [0.2, 0.25) is 0 Å². The van der Waals surface area contributed by atoms with Crippen LogP contribution in [0.25, 0.3) is 0 Å². The molecule has 0 aliphatic carbocycles. The topological polar surface area (TPSA) is 0 Å². The standard InChI is InChI=1S/C18H37.S.Sn/c1-3-5-7-9-11-13-15-17-18-16-14-12-10-8-6-4-2;;/h1,3-18H2,2H3;;. The van der Waals surface area contributed by atoms with Crippen molar-refractivity contribution in [3.05, 3.63) is 6.92 Å². The minimum atomic E-state index is 1.12. The molecule has 0 aliphatic heterocycles. The van der Waals surface area contributed by atoms with Gasteiger partial charge in [0.1, 0.15) is 0 Å². The first-order chi connectivity index (χ1) is 9.91. The van der Waals surface area contributed by atoms with Gasteiger partial charge in [-0.25, -0.2) is 0 Å². The second-order valence-corrected chi connectivity index (χ2v) is 5.80. The van der Waals surface area contributed by atoms with Crippen LogP contribution in [0.3, 0.4) is 0 Å². The van der Waals surface area contributed by atoms with Crippen LogP contribution in [0.4, 0.5) is 0 Å². The third-order valence-corrected chi connectivity index (χ3v) is 3.85. The third-order valence-electron chi connectivity index (χ3n) is 3.85. The predicted octanol–water partition coefficient (Wildman–Crippen LogP) is 7.35. The third kappa shape index (κ3) is 24.1. The van der Waals surface area contributed by atoms with Gasteiger partial charge in [0.2, 0.25) is 0 Å². The Morgan fingerprint density at radius 2 is 0.800 bits per heavy atom. The molecule has 0 unspecified atom stereocenters. The first-order valence-corrected chi connectivity index (χ1v) is 12.8. The van der Waals surface area contributed by atoms with Gasteiger partial charge in [-0.05, 0) is 0 Å². The number of unbranched alkanes of at least 4 members (excludes halogenated alkanes) is 15. The molecule has 0 atom stereocenters. The Hall–Kier alpha value is 1.02. The van der Waals surface area contributed by atoms with Gasteiger partial charge in [0.15, 0.2) is 0 Å². The summed E-state index contributed by atoms with van der Waals surface area (Å²) in [5.41, 5.74) is 0. The summed E-state index contributed by atoms with van der Waals surface area (Å²) >= 11 is 1.13. The van der Waals surface area contributed by atoms with Crippen LogP contribution in [0.5, 0.6) is 0 Å². The summed E-state index contributed by atoms with van der Waals surface area (Å²) in [6.07, 6.45) is 22.8. The molecule has 0 amide bonds. The second kappa shape index (κ2) is 25.0. The summed E-state index contributed by atoms with van der Waals surface area (Å²) in [6.45, 7) is 6.18. The van der Waals surface area contributed by atoms with Crippen molar-refractivity contribution in [2.24, 2.45) is 0 Å². The molecule has 0 nitrogen and oxygen atoms in total. The van der Waals surface area contributed by atoms with Crippen LogP contribution in [0.15, 0.2) is 0 Å². The first-order valence-electron chi connectivity index (χ1n) is 8.91. The monoisotopic (exact) mass is 405 g/mol. The summed E-state index contributed by atoms with van der Waals surface area (Å²) in [4.78, 5) is 0. The van der Waals surface area contributed by atoms with Gasteiger partial charge < -0.3 is 0 Å². The van der Waals surface area contributed by atoms with E-state index < -0.39 is 0 Å². The molecule has 2 heteroatoms. The van der Waals surface area contributed by atoms with Gasteiger partial charge in [0.25, 0.3) is 0 Å². The quantitative estimate of drug-likeness (QED) is 0.203. The normalized spacial score (nSPS) is 10.1. The Bertz CT molecular complexity index is 134. The van der Waals surface area contributed by atoms with Gasteiger partial charge in [-0.15, -0.1) is 0 Å². The van der Waals surface area contributed by atoms with Crippen molar-refractivity contribution in [3.63, 3.8) is 0 Å². The van der Waals surface area contributed by atoms with E-state index in [2.05, 4.69) is 23.1 Å². The molecule has 0 spiro atoms. The van der Waals surface area contributed by atoms with Crippen molar-refractivity contribution < 1.29 is 0 Å². The molecule has 119 valence electrons. The van der Waals surface area contributed by atoms with Gasteiger partial charge in [0.05, 0.1) is 0 Å². The SMILES string of the molecule is [CH2]CCCCCCCCCCCCCCCCC.[S]=[Sn]. The van der Waals surface area contributed by atoms with Gasteiger partial charge in [0, 0.05) is 0 Å². The Labute approximate surface area is 146 Å². The van der Waals surface area contributed by atoms with Crippen LogP contribution in [-0.2, 0) is 0 Å². The molecule has 0 saturated heterocycles. The number of hydrogen-bond donors (Lipinski definition) is 0. The molecule has 3 radical (unpaired) electrons. The Kier molecular flexibility index (Phi) is 29.1. The Morgan fingerprint density at radius 1 is 0.550 bits per heavy atom. The maximum absolute atomic E-state index is 4.17. The van der Waals surface area contributed by atoms with Crippen molar-refractivity contribution >= 4 is 29.9 Å². The van der Waals surface area contributed by atoms with Gasteiger partial charge in [-0.1, -0.05) is 117 Å². The van der Waals surface area contributed by atoms with E-state index in [-0.39, 0.29) is 0 Å². The zero-order valence-corrected chi connectivity index (χ0v) is 17.6. The molecule has 0 aromatic heterocycles. The summed E-state index contributed by atoms with van der Waals surface area (Å²) in [6, 6.07) is 0. The number of rotatable bonds is 15. The molecule has 0 bridgehead atoms. The van der Waals surface area contributed by atoms with Crippen molar-refractivity contribution in [2.75, 3.05) is 0 Å². The fourth-order valence-electron chi connectivity index (χ4n) is 2.55. The summed E-state index contributed by atoms with van der Waals surface area (Å²) in [5, 5.41) is 0. The average molecular weight is 404 g/mol. The molecule has 0 aliphatic rings. The van der Waals surface area contributed by atoms with E-state index in [4.69, 9.17) is 0 Å². The van der Waals surface area contributed by atoms with Crippen molar-refractivity contribution in [1.29, 1.82) is 0 Å². The van der Waals surface area contributed by atoms with E-state index in [0.29, 0.717) is 0 Å². The van der Waals surface area contributed by atoms with Gasteiger partial charge in [-0.3, -0.25) is 0 Å². The molecule has 0 fully saturated rings. The second-order valence-electron chi connectivity index (χ2n) is 5.80. The molecular formula is C18H37SSn. The average Bonchev–Trinajstić information content (AvgIpc) is 2.50. The van der Waals surface area contributed by atoms with Crippen LogP contribution < -0.4 is 0 Å². The van der Waals surface area contributed by atoms with E-state index >= 15 is 0 Å². The maximum atomic E-state index is 4.17. The molecule has 0 N–H and O–H groups in total. The van der Waals surface area contributed by atoms with E-state index in [1.165, 1.54) is 96.3 Å². The van der Waals surface area contributed by atoms with E-state index in [0.717, 1.165) is 27.0 Å². The Balaban J connectivity index is 0. The van der Waals surface area contributed by atoms with Crippen molar-refractivity contribution in [1.82, 2.24) is 0 Å². The van der Waals surface area contributed by atoms with Crippen LogP contribution >= 0.6 is 9.29 Å². The Morgan fingerprint density at radius 3 is 1.05 bits per heavy atom. The van der Waals surface area contributed by atoms with Crippen molar-refractivity contribution in [3.8, 4) is 0 Å². The van der Waals surface area contributed by atoms with Crippen LogP contribution in [-0.4, -0.2) is 20.6 Å². The molecule has 0 heterocycles. The van der Waals surface area contributed by atoms with E-state index in [1.807, 2.05) is 0 Å². The fourth-order valence-corrected chi connectivity index (χ4v) is 2.55. The summed E-state index contributed by atoms with van der Waals surface area (Å²) < 4.78 is 0. The van der Waals surface area contributed by atoms with E-state index in [1.54, 1.807) is 0 Å². The fraction of sp³-hybridized carbons (Fsp3) is 0.944. The zero-order chi connectivity index (χ0) is 15.3. The van der Waals surface area contributed by atoms with Crippen LogP contribution in [0.1, 0.15) is 110 Å². The minimum absolute atomic E-state index is 1.12. The van der Waals surface area contributed by atoms with Crippen LogP contribution in [0, 0.1) is 6.92 Å². The van der Waals surface area contributed by atoms with Gasteiger partial charge in [-0.2, -0.15) is 0 Å². The number of hydrogen-bond acceptors (Lipinski definition) is 1. The molecule has 0 aromatic rings. The first kappa shape index (κ1) is 23.3. The molecule has 0 saturated carbocycles. The van der Waals surface area contributed by atoms with Crippen molar-refractivity contribution in [2.45, 2.75) is 110 Å². The molecule has 20 heavy (non-hydrogen) atoms. The zero-order valence-electron chi connectivity index (χ0n) is 13.9. The molecule has 0 rings (SSSR count). The molecule has 0 aromatic carbocycles. The predicted molar refractivity (Wildman–Crippen MR) is 98.2 cm³/mol. The summed E-state index contributed by atoms with van der Waals surface area (Å²) in [5.74, 6) is 0. The summed E-state index contributed by atoms with van der Waals surface area (Å²) in [7, 11) is 4.17. The van der Waals surface area contributed by atoms with E-state index in [9.17, 15) is 0 Å². The molecular weight excluding hydrogens is 367 g/mol. The van der Waals surface area contributed by atoms with Gasteiger partial charge >= 0.3 is 29.9 Å².